The molecule has 138 valence electrons. The Labute approximate surface area is 165 Å². The summed E-state index contributed by atoms with van der Waals surface area (Å²) in [5.41, 5.74) is 5.00. The van der Waals surface area contributed by atoms with Gasteiger partial charge in [-0.05, 0) is 43.8 Å². The Morgan fingerprint density at radius 3 is 2.81 bits per heavy atom. The smallest absolute Gasteiger partial charge is 0.0869 e. The number of rotatable bonds is 1. The van der Waals surface area contributed by atoms with Crippen molar-refractivity contribution in [3.8, 4) is 0 Å². The second-order valence-corrected chi connectivity index (χ2v) is 8.04. The maximum Gasteiger partial charge on any atom is 0.0869 e. The topological polar surface area (TPSA) is 30.9 Å². The fraction of sp³-hybridized carbons (Fsp3) is 0.318. The summed E-state index contributed by atoms with van der Waals surface area (Å²) in [7, 11) is 2.18. The van der Waals surface area contributed by atoms with Crippen LogP contribution in [0.1, 0.15) is 6.42 Å². The monoisotopic (exact) mass is 378 g/mol. The number of piperazine rings is 1. The summed E-state index contributed by atoms with van der Waals surface area (Å²) in [5.74, 6) is 0. The molecule has 2 heterocycles. The number of hydrogen-bond donors (Lipinski definition) is 1. The number of hydrogen-bond acceptors (Lipinski definition) is 4. The molecule has 4 nitrogen and oxygen atoms in total. The van der Waals surface area contributed by atoms with Gasteiger partial charge in [-0.15, -0.1) is 0 Å². The number of allylic oxidation sites excluding steroid dienone is 7. The predicted octanol–water partition coefficient (Wildman–Crippen LogP) is 4.46. The van der Waals surface area contributed by atoms with Crippen LogP contribution < -0.4 is 10.2 Å². The van der Waals surface area contributed by atoms with Crippen molar-refractivity contribution in [3.63, 3.8) is 0 Å². The second kappa shape index (κ2) is 6.39. The lowest BCUT2D eigenvalue weighted by Gasteiger charge is -2.36. The fourth-order valence-corrected chi connectivity index (χ4v) is 4.59. The summed E-state index contributed by atoms with van der Waals surface area (Å²) in [5, 5.41) is 4.41. The average molecular weight is 379 g/mol. The van der Waals surface area contributed by atoms with E-state index in [9.17, 15) is 0 Å². The Bertz CT molecular complexity index is 932. The zero-order valence-corrected chi connectivity index (χ0v) is 16.2. The lowest BCUT2D eigenvalue weighted by atomic mass is 9.72. The minimum absolute atomic E-state index is 0.298. The Morgan fingerprint density at radius 1 is 1.11 bits per heavy atom. The Balaban J connectivity index is 1.59. The largest absolute Gasteiger partial charge is 0.369 e. The highest BCUT2D eigenvalue weighted by atomic mass is 35.5. The molecular formula is C22H23ClN4. The second-order valence-electron chi connectivity index (χ2n) is 7.63. The third-order valence-corrected chi connectivity index (χ3v) is 6.26. The number of nitrogens with one attached hydrogen (secondary N) is 1. The van der Waals surface area contributed by atoms with Crippen molar-refractivity contribution in [1.82, 2.24) is 4.90 Å². The van der Waals surface area contributed by atoms with Crippen LogP contribution in [0.5, 0.6) is 0 Å². The third kappa shape index (κ3) is 2.75. The lowest BCUT2D eigenvalue weighted by molar-refractivity contribution is 0.313. The molecule has 27 heavy (non-hydrogen) atoms. The molecule has 0 amide bonds. The van der Waals surface area contributed by atoms with E-state index in [4.69, 9.17) is 16.6 Å². The van der Waals surface area contributed by atoms with Gasteiger partial charge in [-0.2, -0.15) is 0 Å². The van der Waals surface area contributed by atoms with Crippen LogP contribution in [0, 0.1) is 5.41 Å². The van der Waals surface area contributed by atoms with Crippen LogP contribution in [0.25, 0.3) is 0 Å². The van der Waals surface area contributed by atoms with Crippen molar-refractivity contribution < 1.29 is 0 Å². The van der Waals surface area contributed by atoms with E-state index in [1.54, 1.807) is 0 Å². The van der Waals surface area contributed by atoms with Crippen LogP contribution in [0.15, 0.2) is 70.4 Å². The molecule has 0 radical (unpaired) electrons. The van der Waals surface area contributed by atoms with E-state index < -0.39 is 0 Å². The predicted molar refractivity (Wildman–Crippen MR) is 114 cm³/mol. The Kier molecular flexibility index (Phi) is 3.99. The highest BCUT2D eigenvalue weighted by molar-refractivity contribution is 6.32. The summed E-state index contributed by atoms with van der Waals surface area (Å²) < 4.78 is 0. The number of likely N-dealkylation sites (N-methyl/N-ethyl adjacent to an activating group) is 1. The van der Waals surface area contributed by atoms with Crippen molar-refractivity contribution >= 4 is 34.4 Å². The third-order valence-electron chi connectivity index (χ3n) is 5.94. The quantitative estimate of drug-likeness (QED) is 0.782. The average Bonchev–Trinajstić information content (AvgIpc) is 2.83. The normalized spacial score (nSPS) is 26.7. The molecule has 1 aromatic rings. The van der Waals surface area contributed by atoms with Gasteiger partial charge < -0.3 is 15.1 Å². The first-order chi connectivity index (χ1) is 13.2. The molecule has 1 atom stereocenters. The molecule has 5 heteroatoms. The summed E-state index contributed by atoms with van der Waals surface area (Å²) in [6.07, 6.45) is 13.5. The van der Waals surface area contributed by atoms with E-state index in [2.05, 4.69) is 70.7 Å². The van der Waals surface area contributed by atoms with E-state index in [1.807, 2.05) is 6.08 Å². The first-order valence-electron chi connectivity index (χ1n) is 9.52. The van der Waals surface area contributed by atoms with Gasteiger partial charge in [0.2, 0.25) is 0 Å². The Hall–Kier alpha value is -2.30. The van der Waals surface area contributed by atoms with E-state index in [0.29, 0.717) is 0 Å². The SMILES string of the molecule is CN1CCN(c2ccc3c(c2)NC2=C(Cl)C=CCC24C=CC=CC4=N3)CC1. The van der Waals surface area contributed by atoms with E-state index in [0.717, 1.165) is 60.4 Å². The summed E-state index contributed by atoms with van der Waals surface area (Å²) >= 11 is 6.65. The van der Waals surface area contributed by atoms with Gasteiger partial charge in [0, 0.05) is 31.9 Å². The zero-order chi connectivity index (χ0) is 18.4. The highest BCUT2D eigenvalue weighted by Crippen LogP contribution is 2.48. The number of anilines is 2. The van der Waals surface area contributed by atoms with Crippen molar-refractivity contribution in [2.75, 3.05) is 43.4 Å². The van der Waals surface area contributed by atoms with Crippen LogP contribution in [0.4, 0.5) is 17.1 Å². The van der Waals surface area contributed by atoms with Gasteiger partial charge in [-0.1, -0.05) is 35.9 Å². The molecular weight excluding hydrogens is 356 g/mol. The number of nitrogens with zero attached hydrogens (tertiary/aromatic N) is 3. The molecule has 1 fully saturated rings. The summed E-state index contributed by atoms with van der Waals surface area (Å²) in [4.78, 5) is 9.85. The Morgan fingerprint density at radius 2 is 1.96 bits per heavy atom. The van der Waals surface area contributed by atoms with Gasteiger partial charge in [0.15, 0.2) is 0 Å². The van der Waals surface area contributed by atoms with Crippen molar-refractivity contribution in [2.45, 2.75) is 6.42 Å². The number of halogens is 1. The molecule has 1 saturated heterocycles. The van der Waals surface area contributed by atoms with Gasteiger partial charge in [0.05, 0.1) is 33.2 Å². The molecule has 1 spiro atoms. The van der Waals surface area contributed by atoms with Crippen molar-refractivity contribution in [2.24, 2.45) is 10.4 Å². The molecule has 1 aromatic carbocycles. The van der Waals surface area contributed by atoms with E-state index >= 15 is 0 Å². The summed E-state index contributed by atoms with van der Waals surface area (Å²) in [6.45, 7) is 4.28. The van der Waals surface area contributed by atoms with Gasteiger partial charge in [-0.3, -0.25) is 0 Å². The minimum atomic E-state index is -0.298. The fourth-order valence-electron chi connectivity index (χ4n) is 4.29. The first-order valence-corrected chi connectivity index (χ1v) is 9.90. The number of benzene rings is 1. The van der Waals surface area contributed by atoms with Crippen LogP contribution in [-0.2, 0) is 0 Å². The van der Waals surface area contributed by atoms with Crippen molar-refractivity contribution in [3.05, 3.63) is 65.4 Å². The van der Waals surface area contributed by atoms with E-state index in [1.165, 1.54) is 5.69 Å². The molecule has 0 aromatic heterocycles. The van der Waals surface area contributed by atoms with E-state index in [-0.39, 0.29) is 5.41 Å². The number of aliphatic imine (C=N–C) groups is 1. The maximum absolute atomic E-state index is 6.65. The maximum atomic E-state index is 6.65. The van der Waals surface area contributed by atoms with Crippen LogP contribution in [0.3, 0.4) is 0 Å². The number of fused-ring (bicyclic) bond motifs is 1. The molecule has 5 rings (SSSR count). The highest BCUT2D eigenvalue weighted by Gasteiger charge is 2.41. The van der Waals surface area contributed by atoms with Gasteiger partial charge >= 0.3 is 0 Å². The van der Waals surface area contributed by atoms with Crippen LogP contribution >= 0.6 is 11.6 Å². The van der Waals surface area contributed by atoms with Crippen LogP contribution in [-0.4, -0.2) is 43.8 Å². The molecule has 0 bridgehead atoms. The van der Waals surface area contributed by atoms with Crippen molar-refractivity contribution in [1.29, 1.82) is 0 Å². The molecule has 1 unspecified atom stereocenters. The minimum Gasteiger partial charge on any atom is -0.369 e. The van der Waals surface area contributed by atoms with Crippen LogP contribution in [0.2, 0.25) is 0 Å². The lowest BCUT2D eigenvalue weighted by Crippen LogP contribution is -2.44. The molecule has 1 N–H and O–H groups in total. The molecule has 2 aliphatic carbocycles. The van der Waals surface area contributed by atoms with Gasteiger partial charge in [0.1, 0.15) is 0 Å². The van der Waals surface area contributed by atoms with Gasteiger partial charge in [0.25, 0.3) is 0 Å². The van der Waals surface area contributed by atoms with Gasteiger partial charge in [-0.25, -0.2) is 4.99 Å². The molecule has 2 aliphatic heterocycles. The molecule has 4 aliphatic rings. The first kappa shape index (κ1) is 16.8. The summed E-state index contributed by atoms with van der Waals surface area (Å²) in [6, 6.07) is 6.54. The molecule has 0 saturated carbocycles. The standard InChI is InChI=1S/C22H23ClN4/c1-26-11-13-27(14-12-26)16-7-8-18-19(15-16)25-21-17(23)5-4-10-22(21)9-3-2-6-20(22)24-18/h2-9,15,25H,10-14H2,1H3. The zero-order valence-electron chi connectivity index (χ0n) is 15.5.